The van der Waals surface area contributed by atoms with Crippen LogP contribution in [0, 0.1) is 6.92 Å². The van der Waals surface area contributed by atoms with Gasteiger partial charge < -0.3 is 10.1 Å². The summed E-state index contributed by atoms with van der Waals surface area (Å²) in [5.74, 6) is 0.869. The van der Waals surface area contributed by atoms with Gasteiger partial charge in [0.05, 0.1) is 24.8 Å². The molecule has 0 bridgehead atoms. The summed E-state index contributed by atoms with van der Waals surface area (Å²) in [6.45, 7) is 3.14. The summed E-state index contributed by atoms with van der Waals surface area (Å²) in [4.78, 5) is 30.3. The fourth-order valence-electron chi connectivity index (χ4n) is 3.97. The van der Waals surface area contributed by atoms with Crippen molar-refractivity contribution in [3.8, 4) is 11.5 Å². The second kappa shape index (κ2) is 10.3. The van der Waals surface area contributed by atoms with Crippen LogP contribution in [-0.2, 0) is 13.1 Å². The Kier molecular flexibility index (Phi) is 6.57. The number of benzene rings is 3. The number of hydrogen-bond acceptors (Lipinski definition) is 5. The van der Waals surface area contributed by atoms with Gasteiger partial charge in [-0.2, -0.15) is 5.10 Å². The molecule has 8 nitrogen and oxygen atoms in total. The van der Waals surface area contributed by atoms with Crippen LogP contribution in [0.3, 0.4) is 0 Å². The highest BCUT2D eigenvalue weighted by atomic mass is 16.5. The third-order valence-corrected chi connectivity index (χ3v) is 5.94. The van der Waals surface area contributed by atoms with Crippen LogP contribution in [0.5, 0.6) is 11.5 Å². The molecular formula is C28H25N5O3. The number of nitrogens with zero attached hydrogens (tertiary/aromatic N) is 4. The Bertz CT molecular complexity index is 1570. The third kappa shape index (κ3) is 4.88. The minimum atomic E-state index is -0.258. The lowest BCUT2D eigenvalue weighted by Crippen LogP contribution is -2.28. The monoisotopic (exact) mass is 479 g/mol. The van der Waals surface area contributed by atoms with Crippen molar-refractivity contribution in [1.82, 2.24) is 24.6 Å². The minimum absolute atomic E-state index is 0.148. The number of rotatable bonds is 8. The molecular weight excluding hydrogens is 454 g/mol. The number of aromatic nitrogens is 4. The molecule has 2 heterocycles. The first-order valence-corrected chi connectivity index (χ1v) is 11.7. The van der Waals surface area contributed by atoms with Gasteiger partial charge in [0.25, 0.3) is 11.5 Å². The van der Waals surface area contributed by atoms with Crippen LogP contribution in [0.25, 0.3) is 11.0 Å². The summed E-state index contributed by atoms with van der Waals surface area (Å²) >= 11 is 0. The lowest BCUT2D eigenvalue weighted by molar-refractivity contribution is 0.0949. The molecule has 180 valence electrons. The topological polar surface area (TPSA) is 91.0 Å². The molecule has 0 unspecified atom stereocenters. The Hall–Kier alpha value is -4.72. The van der Waals surface area contributed by atoms with Crippen molar-refractivity contribution in [3.63, 3.8) is 0 Å². The van der Waals surface area contributed by atoms with Gasteiger partial charge >= 0.3 is 0 Å². The fourth-order valence-corrected chi connectivity index (χ4v) is 3.97. The molecule has 0 saturated carbocycles. The number of amides is 1. The standard InChI is InChI=1S/C28H25N5O3/c1-20-9-5-6-10-21(20)18-32-19-30-26-24(28(32)35)17-31-33(26)16-15-29-27(34)23-13-7-8-14-25(23)36-22-11-3-2-4-12-22/h2-14,17,19H,15-16,18H2,1H3,(H,29,34). The number of para-hydroxylation sites is 2. The maximum Gasteiger partial charge on any atom is 0.264 e. The molecule has 36 heavy (non-hydrogen) atoms. The van der Waals surface area contributed by atoms with Crippen molar-refractivity contribution in [2.45, 2.75) is 20.0 Å². The molecule has 0 saturated heterocycles. The van der Waals surface area contributed by atoms with Gasteiger partial charge in [0.1, 0.15) is 23.2 Å². The highest BCUT2D eigenvalue weighted by Gasteiger charge is 2.14. The summed E-state index contributed by atoms with van der Waals surface area (Å²) in [7, 11) is 0. The summed E-state index contributed by atoms with van der Waals surface area (Å²) in [5, 5.41) is 7.68. The van der Waals surface area contributed by atoms with E-state index in [4.69, 9.17) is 4.74 Å². The van der Waals surface area contributed by atoms with E-state index in [2.05, 4.69) is 15.4 Å². The van der Waals surface area contributed by atoms with Gasteiger partial charge in [-0.15, -0.1) is 0 Å². The van der Waals surface area contributed by atoms with E-state index in [1.165, 1.54) is 6.20 Å². The van der Waals surface area contributed by atoms with Gasteiger partial charge in [0.2, 0.25) is 0 Å². The van der Waals surface area contributed by atoms with Crippen molar-refractivity contribution in [2.24, 2.45) is 0 Å². The molecule has 0 aliphatic carbocycles. The number of hydrogen-bond donors (Lipinski definition) is 1. The number of ether oxygens (including phenoxy) is 1. The molecule has 5 aromatic rings. The molecule has 3 aromatic carbocycles. The van der Waals surface area contributed by atoms with Crippen molar-refractivity contribution in [1.29, 1.82) is 0 Å². The van der Waals surface area contributed by atoms with E-state index in [0.717, 1.165) is 11.1 Å². The third-order valence-electron chi connectivity index (χ3n) is 5.94. The van der Waals surface area contributed by atoms with Crippen LogP contribution in [0.1, 0.15) is 21.5 Å². The maximum absolute atomic E-state index is 13.0. The molecule has 1 N–H and O–H groups in total. The fraction of sp³-hybridized carbons (Fsp3) is 0.143. The van der Waals surface area contributed by atoms with Crippen LogP contribution in [-0.4, -0.2) is 31.8 Å². The molecule has 0 aliphatic rings. The molecule has 8 heteroatoms. The van der Waals surface area contributed by atoms with Crippen LogP contribution >= 0.6 is 0 Å². The van der Waals surface area contributed by atoms with E-state index in [9.17, 15) is 9.59 Å². The van der Waals surface area contributed by atoms with Gasteiger partial charge in [-0.25, -0.2) is 9.67 Å². The summed E-state index contributed by atoms with van der Waals surface area (Å²) in [6.07, 6.45) is 3.08. The number of carbonyl (C=O) groups excluding carboxylic acids is 1. The van der Waals surface area contributed by atoms with Crippen LogP contribution < -0.4 is 15.6 Å². The predicted molar refractivity (Wildman–Crippen MR) is 137 cm³/mol. The summed E-state index contributed by atoms with van der Waals surface area (Å²) in [5.41, 5.74) is 2.96. The SMILES string of the molecule is Cc1ccccc1Cn1cnc2c(cnn2CCNC(=O)c2ccccc2Oc2ccccc2)c1=O. The van der Waals surface area contributed by atoms with E-state index in [0.29, 0.717) is 47.7 Å². The smallest absolute Gasteiger partial charge is 0.264 e. The van der Waals surface area contributed by atoms with E-state index in [1.54, 1.807) is 33.8 Å². The zero-order valence-corrected chi connectivity index (χ0v) is 19.8. The Morgan fingerprint density at radius 1 is 0.972 bits per heavy atom. The largest absolute Gasteiger partial charge is 0.457 e. The Balaban J connectivity index is 1.26. The van der Waals surface area contributed by atoms with E-state index >= 15 is 0 Å². The van der Waals surface area contributed by atoms with Gasteiger partial charge in [-0.1, -0.05) is 54.6 Å². The molecule has 2 aromatic heterocycles. The Morgan fingerprint density at radius 2 is 1.72 bits per heavy atom. The van der Waals surface area contributed by atoms with Gasteiger partial charge in [0.15, 0.2) is 5.65 Å². The first-order valence-electron chi connectivity index (χ1n) is 11.7. The number of carbonyl (C=O) groups is 1. The quantitative estimate of drug-likeness (QED) is 0.361. The average Bonchev–Trinajstić information content (AvgIpc) is 3.31. The van der Waals surface area contributed by atoms with E-state index < -0.39 is 0 Å². The van der Waals surface area contributed by atoms with Crippen molar-refractivity contribution < 1.29 is 9.53 Å². The zero-order valence-electron chi connectivity index (χ0n) is 19.8. The zero-order chi connectivity index (χ0) is 24.9. The maximum atomic E-state index is 13.0. The summed E-state index contributed by atoms with van der Waals surface area (Å²) < 4.78 is 9.10. The molecule has 0 atom stereocenters. The lowest BCUT2D eigenvalue weighted by atomic mass is 10.1. The number of nitrogens with one attached hydrogen (secondary N) is 1. The normalized spacial score (nSPS) is 10.9. The Labute approximate surface area is 207 Å². The van der Waals surface area contributed by atoms with Crippen molar-refractivity contribution in [2.75, 3.05) is 6.54 Å². The number of fused-ring (bicyclic) bond motifs is 1. The molecule has 0 radical (unpaired) electrons. The molecule has 0 aliphatic heterocycles. The first-order chi connectivity index (χ1) is 17.6. The molecule has 1 amide bonds. The Morgan fingerprint density at radius 3 is 2.56 bits per heavy atom. The van der Waals surface area contributed by atoms with Gasteiger partial charge in [-0.3, -0.25) is 14.2 Å². The average molecular weight is 480 g/mol. The lowest BCUT2D eigenvalue weighted by Gasteiger charge is -2.12. The van der Waals surface area contributed by atoms with Crippen molar-refractivity contribution in [3.05, 3.63) is 118 Å². The van der Waals surface area contributed by atoms with Crippen LogP contribution in [0.2, 0.25) is 0 Å². The number of aryl methyl sites for hydroxylation is 1. The van der Waals surface area contributed by atoms with E-state index in [-0.39, 0.29) is 11.5 Å². The van der Waals surface area contributed by atoms with E-state index in [1.807, 2.05) is 67.6 Å². The van der Waals surface area contributed by atoms with Crippen LogP contribution in [0.15, 0.2) is 96.2 Å². The molecule has 0 fully saturated rings. The highest BCUT2D eigenvalue weighted by molar-refractivity contribution is 5.97. The van der Waals surface area contributed by atoms with Gasteiger partial charge in [-0.05, 0) is 42.3 Å². The molecule has 0 spiro atoms. The first kappa shape index (κ1) is 23.0. The highest BCUT2D eigenvalue weighted by Crippen LogP contribution is 2.24. The second-order valence-electron chi connectivity index (χ2n) is 8.38. The second-order valence-corrected chi connectivity index (χ2v) is 8.38. The summed E-state index contributed by atoms with van der Waals surface area (Å²) in [6, 6.07) is 24.4. The molecule has 5 rings (SSSR count). The predicted octanol–water partition coefficient (Wildman–Crippen LogP) is 4.17. The van der Waals surface area contributed by atoms with Crippen molar-refractivity contribution >= 4 is 16.9 Å². The van der Waals surface area contributed by atoms with Gasteiger partial charge in [0, 0.05) is 6.54 Å². The minimum Gasteiger partial charge on any atom is -0.457 e. The van der Waals surface area contributed by atoms with Crippen LogP contribution in [0.4, 0.5) is 0 Å².